The quantitative estimate of drug-likeness (QED) is 0.168. The smallest absolute Gasteiger partial charge is 0.351 e. The van der Waals surface area contributed by atoms with Crippen LogP contribution in [0.3, 0.4) is 0 Å². The van der Waals surface area contributed by atoms with Gasteiger partial charge in [0.05, 0.1) is 31.0 Å². The second-order valence-corrected chi connectivity index (χ2v) is 11.9. The molecule has 16 nitrogen and oxygen atoms in total. The number of anilines is 2. The zero-order valence-electron chi connectivity index (χ0n) is 25.7. The summed E-state index contributed by atoms with van der Waals surface area (Å²) >= 11 is 0. The molecule has 248 valence electrons. The maximum Gasteiger partial charge on any atom is 0.351 e. The van der Waals surface area contributed by atoms with Gasteiger partial charge in [-0.25, -0.2) is 4.79 Å². The fraction of sp³-hybridized carbons (Fsp3) is 0.586. The molecule has 2 fully saturated rings. The third-order valence-corrected chi connectivity index (χ3v) is 7.99. The molecule has 2 amide bonds. The maximum absolute atomic E-state index is 12.9. The number of benzene rings is 1. The summed E-state index contributed by atoms with van der Waals surface area (Å²) in [6.07, 6.45) is -6.52. The summed E-state index contributed by atoms with van der Waals surface area (Å²) in [5, 5.41) is 46.5. The first-order chi connectivity index (χ1) is 21.1. The predicted octanol–water partition coefficient (Wildman–Crippen LogP) is -1.41. The van der Waals surface area contributed by atoms with Crippen molar-refractivity contribution in [2.75, 3.05) is 31.3 Å². The number of likely N-dealkylation sites (N-methyl/N-ethyl adjacent to an activating group) is 1. The van der Waals surface area contributed by atoms with E-state index in [1.54, 1.807) is 32.8 Å². The highest BCUT2D eigenvalue weighted by molar-refractivity contribution is 6.04. The average molecular weight is 635 g/mol. The summed E-state index contributed by atoms with van der Waals surface area (Å²) in [6, 6.07) is 6.83. The van der Waals surface area contributed by atoms with Crippen molar-refractivity contribution >= 4 is 23.3 Å². The largest absolute Gasteiger partial charge is 0.394 e. The molecule has 0 radical (unpaired) electrons. The minimum absolute atomic E-state index is 0.0155. The highest BCUT2D eigenvalue weighted by atomic mass is 16.7. The van der Waals surface area contributed by atoms with Gasteiger partial charge in [0.2, 0.25) is 5.91 Å². The van der Waals surface area contributed by atoms with Gasteiger partial charge >= 0.3 is 5.69 Å². The van der Waals surface area contributed by atoms with Crippen LogP contribution in [-0.2, 0) is 19.0 Å². The van der Waals surface area contributed by atoms with Crippen LogP contribution in [-0.4, -0.2) is 122 Å². The topological polar surface area (TPSA) is 231 Å². The van der Waals surface area contributed by atoms with Crippen LogP contribution in [0.25, 0.3) is 0 Å². The first-order valence-corrected chi connectivity index (χ1v) is 14.5. The molecule has 9 unspecified atom stereocenters. The summed E-state index contributed by atoms with van der Waals surface area (Å²) in [6.45, 7) is 4.23. The highest BCUT2D eigenvalue weighted by Gasteiger charge is 2.47. The van der Waals surface area contributed by atoms with E-state index in [4.69, 9.17) is 19.9 Å². The van der Waals surface area contributed by atoms with Crippen LogP contribution in [0, 0.1) is 0 Å². The lowest BCUT2D eigenvalue weighted by Gasteiger charge is -2.46. The summed E-state index contributed by atoms with van der Waals surface area (Å²) < 4.78 is 18.9. The van der Waals surface area contributed by atoms with Gasteiger partial charge in [-0.1, -0.05) is 0 Å². The molecular formula is C29H42N6O10. The van der Waals surface area contributed by atoms with Crippen LogP contribution in [0.1, 0.15) is 43.8 Å². The second kappa shape index (κ2) is 14.0. The number of nitrogens with one attached hydrogen (secondary N) is 2. The van der Waals surface area contributed by atoms with Crippen LogP contribution in [0.4, 0.5) is 11.5 Å². The zero-order chi connectivity index (χ0) is 33.2. The number of aliphatic hydroxyl groups excluding tert-OH is 4. The van der Waals surface area contributed by atoms with E-state index in [0.717, 1.165) is 0 Å². The Bertz CT molecular complexity index is 1390. The van der Waals surface area contributed by atoms with Gasteiger partial charge in [-0.3, -0.25) is 14.2 Å². The van der Waals surface area contributed by atoms with Gasteiger partial charge in [-0.15, -0.1) is 0 Å². The monoisotopic (exact) mass is 634 g/mol. The van der Waals surface area contributed by atoms with Crippen molar-refractivity contribution in [2.45, 2.75) is 87.9 Å². The Morgan fingerprint density at radius 2 is 1.76 bits per heavy atom. The fourth-order valence-corrected chi connectivity index (χ4v) is 5.36. The number of aliphatic hydroxyl groups is 4. The minimum Gasteiger partial charge on any atom is -0.394 e. The highest BCUT2D eigenvalue weighted by Crippen LogP contribution is 2.32. The Morgan fingerprint density at radius 1 is 1.09 bits per heavy atom. The van der Waals surface area contributed by atoms with Crippen molar-refractivity contribution in [3.63, 3.8) is 0 Å². The number of carbonyl (C=O) groups excluding carboxylic acids is 2. The fourth-order valence-electron chi connectivity index (χ4n) is 5.36. The molecule has 2 aliphatic rings. The second-order valence-electron chi connectivity index (χ2n) is 11.9. The third kappa shape index (κ3) is 7.74. The minimum atomic E-state index is -1.47. The Morgan fingerprint density at radius 3 is 2.33 bits per heavy atom. The van der Waals surface area contributed by atoms with Crippen molar-refractivity contribution in [3.8, 4) is 0 Å². The first-order valence-electron chi connectivity index (χ1n) is 14.5. The van der Waals surface area contributed by atoms with Gasteiger partial charge in [0, 0.05) is 23.9 Å². The molecule has 2 aliphatic heterocycles. The lowest BCUT2D eigenvalue weighted by molar-refractivity contribution is -0.322. The van der Waals surface area contributed by atoms with Crippen molar-refractivity contribution < 1.29 is 44.2 Å². The molecule has 0 saturated carbocycles. The van der Waals surface area contributed by atoms with Crippen LogP contribution in [0.5, 0.6) is 0 Å². The van der Waals surface area contributed by atoms with Crippen molar-refractivity contribution in [1.29, 1.82) is 0 Å². The van der Waals surface area contributed by atoms with Crippen LogP contribution in [0.15, 0.2) is 41.3 Å². The van der Waals surface area contributed by atoms with E-state index in [2.05, 4.69) is 15.6 Å². The Balaban J connectivity index is 1.36. The molecular weight excluding hydrogens is 592 g/mol. The summed E-state index contributed by atoms with van der Waals surface area (Å²) in [4.78, 5) is 43.4. The van der Waals surface area contributed by atoms with E-state index >= 15 is 0 Å². The molecule has 8 N–H and O–H groups in total. The molecule has 10 atom stereocenters. The molecule has 0 aliphatic carbocycles. The molecule has 2 aromatic rings. The lowest BCUT2D eigenvalue weighted by Crippen LogP contribution is -2.63. The Labute approximate surface area is 259 Å². The number of carbonyl (C=O) groups is 2. The van der Waals surface area contributed by atoms with Gasteiger partial charge in [-0.05, 0) is 65.2 Å². The van der Waals surface area contributed by atoms with Gasteiger partial charge in [0.25, 0.3) is 5.91 Å². The molecule has 0 spiro atoms. The van der Waals surface area contributed by atoms with Crippen LogP contribution >= 0.6 is 0 Å². The number of rotatable bonds is 9. The predicted molar refractivity (Wildman–Crippen MR) is 160 cm³/mol. The van der Waals surface area contributed by atoms with E-state index in [9.17, 15) is 34.8 Å². The summed E-state index contributed by atoms with van der Waals surface area (Å²) in [5.41, 5.74) is 4.10. The molecule has 4 rings (SSSR count). The lowest BCUT2D eigenvalue weighted by atomic mass is 9.95. The summed E-state index contributed by atoms with van der Waals surface area (Å²) in [5.74, 6) is -1.17. The molecule has 1 aromatic carbocycles. The SMILES string of the molecule is CC1OC(n2ccc(NC(=O)c3ccc(NC(=O)[C@](C)(N)CO)cc3)nc2=O)CC(O)C1OC1OC(C)C(N(C)C)C(O)C1O. The summed E-state index contributed by atoms with van der Waals surface area (Å²) in [7, 11) is 3.53. The third-order valence-electron chi connectivity index (χ3n) is 7.99. The number of hydrogen-bond acceptors (Lipinski definition) is 13. The molecule has 16 heteroatoms. The van der Waals surface area contributed by atoms with E-state index < -0.39 is 84.8 Å². The normalized spacial score (nSPS) is 31.7. The molecule has 45 heavy (non-hydrogen) atoms. The molecule has 1 aromatic heterocycles. The number of nitrogens with two attached hydrogens (primary N) is 1. The molecule has 2 saturated heterocycles. The van der Waals surface area contributed by atoms with E-state index in [1.165, 1.54) is 48.0 Å². The van der Waals surface area contributed by atoms with Crippen molar-refractivity contribution in [1.82, 2.24) is 14.5 Å². The number of nitrogens with zero attached hydrogens (tertiary/aromatic N) is 3. The number of ether oxygens (including phenoxy) is 3. The standard InChI is InChI=1S/C29H42N6O10/c1-14-21(34(4)5)22(38)23(39)26(44-14)45-24-15(2)43-20(12-18(24)37)35-11-10-19(33-28(35)42)32-25(40)16-6-8-17(9-7-16)31-27(41)29(3,30)13-36/h6-11,14-15,18,20-24,26,36-39H,12-13,30H2,1-5H3,(H,31,41)(H,32,33,40,42)/t14?,15?,18?,20?,21?,22?,23?,24?,26?,29-/m1/s1. The average Bonchev–Trinajstić information content (AvgIpc) is 2.97. The van der Waals surface area contributed by atoms with Gasteiger partial charge < -0.3 is 55.9 Å². The Kier molecular flexibility index (Phi) is 10.7. The molecule has 0 bridgehead atoms. The first kappa shape index (κ1) is 34.6. The van der Waals surface area contributed by atoms with Gasteiger partial charge in [0.15, 0.2) is 6.29 Å². The van der Waals surface area contributed by atoms with Crippen molar-refractivity contribution in [2.24, 2.45) is 5.73 Å². The molecule has 3 heterocycles. The zero-order valence-corrected chi connectivity index (χ0v) is 25.7. The van der Waals surface area contributed by atoms with Crippen LogP contribution in [0.2, 0.25) is 0 Å². The number of amides is 2. The number of hydrogen-bond donors (Lipinski definition) is 7. The van der Waals surface area contributed by atoms with Crippen molar-refractivity contribution in [3.05, 3.63) is 52.6 Å². The van der Waals surface area contributed by atoms with E-state index in [0.29, 0.717) is 5.69 Å². The van der Waals surface area contributed by atoms with Crippen LogP contribution < -0.4 is 22.1 Å². The van der Waals surface area contributed by atoms with E-state index in [1.807, 2.05) is 0 Å². The Hall–Kier alpha value is -3.32. The maximum atomic E-state index is 12.9. The van der Waals surface area contributed by atoms with E-state index in [-0.39, 0.29) is 17.8 Å². The van der Waals surface area contributed by atoms with Gasteiger partial charge in [0.1, 0.15) is 35.9 Å². The number of aromatic nitrogens is 2. The van der Waals surface area contributed by atoms with Gasteiger partial charge in [-0.2, -0.15) is 4.98 Å².